The van der Waals surface area contributed by atoms with Crippen LogP contribution in [0.25, 0.3) is 0 Å². The summed E-state index contributed by atoms with van der Waals surface area (Å²) in [6, 6.07) is 0. The first-order chi connectivity index (χ1) is 4.47. The SMILES string of the molecule is [CH]1CCC[C]2CCCC12. The molecule has 2 fully saturated rings. The molecular formula is C9H14. The summed E-state index contributed by atoms with van der Waals surface area (Å²) in [5.74, 6) is 2.82. The largest absolute Gasteiger partial charge is 0.0525 e. The molecule has 0 nitrogen and oxygen atoms in total. The molecule has 1 atom stereocenters. The third-order valence-electron chi connectivity index (χ3n) is 2.69. The van der Waals surface area contributed by atoms with E-state index in [-0.39, 0.29) is 0 Å². The van der Waals surface area contributed by atoms with Crippen LogP contribution in [0.2, 0.25) is 0 Å². The zero-order valence-corrected chi connectivity index (χ0v) is 5.90. The van der Waals surface area contributed by atoms with Crippen LogP contribution in [-0.2, 0) is 0 Å². The van der Waals surface area contributed by atoms with Crippen LogP contribution < -0.4 is 0 Å². The van der Waals surface area contributed by atoms with Gasteiger partial charge >= 0.3 is 0 Å². The molecule has 0 saturated heterocycles. The van der Waals surface area contributed by atoms with E-state index in [1.54, 1.807) is 0 Å². The molecule has 2 rings (SSSR count). The molecular weight excluding hydrogens is 108 g/mol. The maximum absolute atomic E-state index is 2.53. The molecule has 0 N–H and O–H groups in total. The van der Waals surface area contributed by atoms with Gasteiger partial charge in [0.1, 0.15) is 0 Å². The minimum atomic E-state index is 0.957. The second-order valence-corrected chi connectivity index (χ2v) is 3.28. The smallest absolute Gasteiger partial charge is 0.0207 e. The number of fused-ring (bicyclic) bond motifs is 1. The average Bonchev–Trinajstić information content (AvgIpc) is 2.33. The van der Waals surface area contributed by atoms with Gasteiger partial charge in [-0.2, -0.15) is 0 Å². The Hall–Kier alpha value is 0. The van der Waals surface area contributed by atoms with Crippen molar-refractivity contribution in [2.75, 3.05) is 0 Å². The summed E-state index contributed by atoms with van der Waals surface area (Å²) in [5, 5.41) is 0. The molecule has 50 valence electrons. The van der Waals surface area contributed by atoms with Gasteiger partial charge < -0.3 is 0 Å². The fourth-order valence-corrected chi connectivity index (χ4v) is 2.18. The quantitative estimate of drug-likeness (QED) is 0.463. The summed E-state index contributed by atoms with van der Waals surface area (Å²) in [6.45, 7) is 0. The van der Waals surface area contributed by atoms with Crippen LogP contribution in [0.1, 0.15) is 38.5 Å². The van der Waals surface area contributed by atoms with E-state index in [1.165, 1.54) is 38.5 Å². The topological polar surface area (TPSA) is 0 Å². The molecule has 0 aliphatic heterocycles. The summed E-state index contributed by atoms with van der Waals surface area (Å²) in [7, 11) is 0. The summed E-state index contributed by atoms with van der Waals surface area (Å²) < 4.78 is 0. The average molecular weight is 122 g/mol. The molecule has 2 aliphatic rings. The minimum absolute atomic E-state index is 0.957. The van der Waals surface area contributed by atoms with E-state index in [0.29, 0.717) is 0 Å². The van der Waals surface area contributed by atoms with Gasteiger partial charge in [0.15, 0.2) is 0 Å². The van der Waals surface area contributed by atoms with Gasteiger partial charge in [0.05, 0.1) is 0 Å². The zero-order valence-electron chi connectivity index (χ0n) is 5.90. The first-order valence-corrected chi connectivity index (χ1v) is 4.15. The highest BCUT2D eigenvalue weighted by Gasteiger charge is 2.29. The first kappa shape index (κ1) is 5.76. The van der Waals surface area contributed by atoms with Crippen molar-refractivity contribution in [1.82, 2.24) is 0 Å². The molecule has 0 heterocycles. The van der Waals surface area contributed by atoms with E-state index >= 15 is 0 Å². The van der Waals surface area contributed by atoms with Gasteiger partial charge in [-0.3, -0.25) is 0 Å². The molecule has 0 amide bonds. The van der Waals surface area contributed by atoms with Crippen molar-refractivity contribution in [3.8, 4) is 0 Å². The third-order valence-corrected chi connectivity index (χ3v) is 2.69. The lowest BCUT2D eigenvalue weighted by molar-refractivity contribution is 0.516. The maximum atomic E-state index is 2.53. The van der Waals surface area contributed by atoms with E-state index in [4.69, 9.17) is 0 Å². The Kier molecular flexibility index (Phi) is 1.48. The van der Waals surface area contributed by atoms with Crippen LogP contribution in [0.5, 0.6) is 0 Å². The molecule has 2 radical (unpaired) electrons. The second-order valence-electron chi connectivity index (χ2n) is 3.28. The molecule has 0 aromatic heterocycles. The Morgan fingerprint density at radius 1 is 1.22 bits per heavy atom. The molecule has 0 aromatic carbocycles. The van der Waals surface area contributed by atoms with Crippen LogP contribution in [0.3, 0.4) is 0 Å². The Labute approximate surface area is 57.6 Å². The number of rotatable bonds is 0. The lowest BCUT2D eigenvalue weighted by Crippen LogP contribution is -2.11. The van der Waals surface area contributed by atoms with Gasteiger partial charge in [-0.25, -0.2) is 0 Å². The zero-order chi connectivity index (χ0) is 6.10. The number of hydrogen-bond donors (Lipinski definition) is 0. The summed E-state index contributed by atoms with van der Waals surface area (Å²) in [5.41, 5.74) is 0. The van der Waals surface area contributed by atoms with Gasteiger partial charge in [-0.1, -0.05) is 12.8 Å². The monoisotopic (exact) mass is 122 g/mol. The standard InChI is InChI=1S/C9H14/c1-2-5-9-7-3-6-8(9)4-1/h4,8H,1-3,5-7H2. The van der Waals surface area contributed by atoms with E-state index in [1.807, 2.05) is 5.92 Å². The highest BCUT2D eigenvalue weighted by molar-refractivity contribution is 5.09. The predicted octanol–water partition coefficient (Wildman–Crippen LogP) is 2.75. The van der Waals surface area contributed by atoms with Gasteiger partial charge in [0, 0.05) is 0 Å². The molecule has 0 spiro atoms. The van der Waals surface area contributed by atoms with Crippen LogP contribution in [0, 0.1) is 18.3 Å². The van der Waals surface area contributed by atoms with Crippen molar-refractivity contribution in [3.05, 3.63) is 12.3 Å². The lowest BCUT2D eigenvalue weighted by Gasteiger charge is -2.23. The van der Waals surface area contributed by atoms with E-state index in [2.05, 4.69) is 6.42 Å². The van der Waals surface area contributed by atoms with Crippen molar-refractivity contribution >= 4 is 0 Å². The summed E-state index contributed by atoms with van der Waals surface area (Å²) >= 11 is 0. The van der Waals surface area contributed by atoms with Crippen molar-refractivity contribution < 1.29 is 0 Å². The van der Waals surface area contributed by atoms with Gasteiger partial charge in [0.25, 0.3) is 0 Å². The normalized spacial score (nSPS) is 36.7. The maximum Gasteiger partial charge on any atom is -0.0207 e. The minimum Gasteiger partial charge on any atom is -0.0525 e. The van der Waals surface area contributed by atoms with Crippen LogP contribution in [0.15, 0.2) is 0 Å². The van der Waals surface area contributed by atoms with Crippen molar-refractivity contribution in [2.24, 2.45) is 5.92 Å². The molecule has 0 aromatic rings. The lowest BCUT2D eigenvalue weighted by atomic mass is 9.82. The highest BCUT2D eigenvalue weighted by Crippen LogP contribution is 2.42. The van der Waals surface area contributed by atoms with Gasteiger partial charge in [-0.05, 0) is 43.9 Å². The molecule has 9 heavy (non-hydrogen) atoms. The molecule has 1 unspecified atom stereocenters. The van der Waals surface area contributed by atoms with Crippen LogP contribution in [0.4, 0.5) is 0 Å². The van der Waals surface area contributed by atoms with E-state index < -0.39 is 0 Å². The molecule has 0 heteroatoms. The fraction of sp³-hybridized carbons (Fsp3) is 0.778. The van der Waals surface area contributed by atoms with Crippen LogP contribution in [-0.4, -0.2) is 0 Å². The van der Waals surface area contributed by atoms with E-state index in [9.17, 15) is 0 Å². The first-order valence-electron chi connectivity index (χ1n) is 4.15. The summed E-state index contributed by atoms with van der Waals surface area (Å²) in [6.07, 6.45) is 11.2. The van der Waals surface area contributed by atoms with E-state index in [0.717, 1.165) is 5.92 Å². The Bertz CT molecular complexity index is 84.2. The Morgan fingerprint density at radius 2 is 2.11 bits per heavy atom. The van der Waals surface area contributed by atoms with Crippen molar-refractivity contribution in [2.45, 2.75) is 38.5 Å². The summed E-state index contributed by atoms with van der Waals surface area (Å²) in [4.78, 5) is 0. The Morgan fingerprint density at radius 3 is 3.00 bits per heavy atom. The predicted molar refractivity (Wildman–Crippen MR) is 38.7 cm³/mol. The highest BCUT2D eigenvalue weighted by atomic mass is 14.3. The molecule has 0 bridgehead atoms. The van der Waals surface area contributed by atoms with Crippen LogP contribution >= 0.6 is 0 Å². The fourth-order valence-electron chi connectivity index (χ4n) is 2.18. The van der Waals surface area contributed by atoms with Gasteiger partial charge in [0.2, 0.25) is 0 Å². The Balaban J connectivity index is 1.97. The van der Waals surface area contributed by atoms with Gasteiger partial charge in [-0.15, -0.1) is 0 Å². The molecule has 2 saturated carbocycles. The second kappa shape index (κ2) is 2.32. The van der Waals surface area contributed by atoms with Crippen molar-refractivity contribution in [3.63, 3.8) is 0 Å². The van der Waals surface area contributed by atoms with Crippen molar-refractivity contribution in [1.29, 1.82) is 0 Å². The number of hydrogen-bond acceptors (Lipinski definition) is 0. The molecule has 2 aliphatic carbocycles. The third kappa shape index (κ3) is 0.997.